The molecule has 0 bridgehead atoms. The number of hydrogen-bond acceptors (Lipinski definition) is 4. The summed E-state index contributed by atoms with van der Waals surface area (Å²) < 4.78 is 0. The van der Waals surface area contributed by atoms with Crippen LogP contribution in [0, 0.1) is 23.2 Å². The molecule has 29 heavy (non-hydrogen) atoms. The van der Waals surface area contributed by atoms with E-state index in [1.54, 1.807) is 4.90 Å². The molecule has 2 aliphatic heterocycles. The quantitative estimate of drug-likeness (QED) is 0.794. The van der Waals surface area contributed by atoms with E-state index in [4.69, 9.17) is 0 Å². The summed E-state index contributed by atoms with van der Waals surface area (Å²) in [4.78, 5) is 27.3. The molecule has 3 atom stereocenters. The molecule has 0 spiro atoms. The van der Waals surface area contributed by atoms with Crippen LogP contribution < -0.4 is 5.32 Å². The van der Waals surface area contributed by atoms with Crippen LogP contribution in [-0.2, 0) is 11.2 Å². The average molecular weight is 396 g/mol. The Bertz CT molecular complexity index is 792. The van der Waals surface area contributed by atoms with Crippen molar-refractivity contribution in [1.82, 2.24) is 15.1 Å². The number of carboxylic acid groups (broad SMARTS) is 1. The predicted octanol–water partition coefficient (Wildman–Crippen LogP) is 2.09. The fourth-order valence-electron chi connectivity index (χ4n) is 5.55. The van der Waals surface area contributed by atoms with E-state index in [0.29, 0.717) is 31.5 Å². The summed E-state index contributed by atoms with van der Waals surface area (Å²) in [7, 11) is 0. The van der Waals surface area contributed by atoms with Crippen molar-refractivity contribution >= 4 is 12.0 Å². The molecule has 3 unspecified atom stereocenters. The molecule has 2 N–H and O–H groups in total. The number of nitriles is 1. The number of nitrogens with one attached hydrogen (secondary N) is 1. The first-order valence-corrected chi connectivity index (χ1v) is 10.5. The maximum absolute atomic E-state index is 12.8. The third kappa shape index (κ3) is 4.08. The average Bonchev–Trinajstić information content (AvgIpc) is 3.40. The fraction of sp³-hybridized carbons (Fsp3) is 0.591. The number of carbonyl (C=O) groups is 2. The van der Waals surface area contributed by atoms with Crippen LogP contribution in [0.1, 0.15) is 31.2 Å². The summed E-state index contributed by atoms with van der Waals surface area (Å²) in [6, 6.07) is 12.2. The van der Waals surface area contributed by atoms with Gasteiger partial charge in [0.15, 0.2) is 0 Å². The molecule has 7 heteroatoms. The van der Waals surface area contributed by atoms with Crippen LogP contribution in [0.3, 0.4) is 0 Å². The van der Waals surface area contributed by atoms with Crippen molar-refractivity contribution in [2.45, 2.75) is 43.7 Å². The second-order valence-electron chi connectivity index (χ2n) is 8.79. The Morgan fingerprint density at radius 1 is 1.21 bits per heavy atom. The van der Waals surface area contributed by atoms with Gasteiger partial charge in [0.25, 0.3) is 0 Å². The summed E-state index contributed by atoms with van der Waals surface area (Å²) >= 11 is 0. The first-order valence-electron chi connectivity index (χ1n) is 10.5. The van der Waals surface area contributed by atoms with E-state index in [0.717, 1.165) is 32.1 Å². The van der Waals surface area contributed by atoms with E-state index in [9.17, 15) is 20.0 Å². The lowest BCUT2D eigenvalue weighted by Gasteiger charge is -2.33. The maximum atomic E-state index is 12.8. The molecular formula is C22H28N4O3. The molecule has 1 aromatic rings. The van der Waals surface area contributed by atoms with Crippen LogP contribution in [0.5, 0.6) is 0 Å². The second-order valence-corrected chi connectivity index (χ2v) is 8.79. The van der Waals surface area contributed by atoms with Gasteiger partial charge in [-0.2, -0.15) is 5.26 Å². The number of likely N-dealkylation sites (tertiary alicyclic amines) is 2. The van der Waals surface area contributed by atoms with Gasteiger partial charge in [-0.1, -0.05) is 30.3 Å². The van der Waals surface area contributed by atoms with Gasteiger partial charge in [0, 0.05) is 25.2 Å². The normalized spacial score (nSPS) is 30.9. The van der Waals surface area contributed by atoms with Crippen LogP contribution in [0.4, 0.5) is 4.79 Å². The van der Waals surface area contributed by atoms with Crippen LogP contribution in [0.15, 0.2) is 30.3 Å². The predicted molar refractivity (Wildman–Crippen MR) is 107 cm³/mol. The Hall–Kier alpha value is -2.59. The molecule has 2 amide bonds. The second kappa shape index (κ2) is 8.03. The Labute approximate surface area is 171 Å². The molecule has 7 nitrogen and oxygen atoms in total. The lowest BCUT2D eigenvalue weighted by molar-refractivity contribution is -0.130. The van der Waals surface area contributed by atoms with Crippen molar-refractivity contribution in [3.05, 3.63) is 35.9 Å². The fourth-order valence-corrected chi connectivity index (χ4v) is 5.55. The standard InChI is InChI=1S/C22H28N4O3/c23-12-19-7-4-8-26(19)20(27)13-24-22(9-16-5-2-1-3-6-16)10-17-14-25(21(28)29)15-18(17)11-22/h1-3,5-6,17-19,24H,4,7-11,13-15H2,(H,28,29). The van der Waals surface area contributed by atoms with Crippen molar-refractivity contribution in [2.24, 2.45) is 11.8 Å². The largest absolute Gasteiger partial charge is 0.465 e. The van der Waals surface area contributed by atoms with E-state index in [-0.39, 0.29) is 24.0 Å². The highest BCUT2D eigenvalue weighted by Crippen LogP contribution is 2.45. The molecular weight excluding hydrogens is 368 g/mol. The lowest BCUT2D eigenvalue weighted by atomic mass is 9.87. The van der Waals surface area contributed by atoms with E-state index in [1.165, 1.54) is 10.5 Å². The Morgan fingerprint density at radius 3 is 2.52 bits per heavy atom. The van der Waals surface area contributed by atoms with Crippen molar-refractivity contribution in [3.63, 3.8) is 0 Å². The van der Waals surface area contributed by atoms with Crippen LogP contribution in [-0.4, -0.2) is 64.7 Å². The number of nitrogens with zero attached hydrogens (tertiary/aromatic N) is 3. The molecule has 3 aliphatic rings. The van der Waals surface area contributed by atoms with Gasteiger partial charge in [0.1, 0.15) is 6.04 Å². The van der Waals surface area contributed by atoms with E-state index < -0.39 is 6.09 Å². The highest BCUT2D eigenvalue weighted by Gasteiger charge is 2.50. The molecule has 4 rings (SSSR count). The minimum absolute atomic E-state index is 0.00860. The van der Waals surface area contributed by atoms with Crippen molar-refractivity contribution in [3.8, 4) is 6.07 Å². The van der Waals surface area contributed by atoms with Gasteiger partial charge in [0.2, 0.25) is 5.91 Å². The molecule has 2 heterocycles. The molecule has 0 radical (unpaired) electrons. The molecule has 0 aromatic heterocycles. The summed E-state index contributed by atoms with van der Waals surface area (Å²) in [5.74, 6) is 0.651. The number of rotatable bonds is 5. The van der Waals surface area contributed by atoms with Crippen molar-refractivity contribution in [2.75, 3.05) is 26.2 Å². The van der Waals surface area contributed by atoms with Crippen LogP contribution in [0.25, 0.3) is 0 Å². The lowest BCUT2D eigenvalue weighted by Crippen LogP contribution is -2.51. The topological polar surface area (TPSA) is 96.7 Å². The Morgan fingerprint density at radius 2 is 1.90 bits per heavy atom. The van der Waals surface area contributed by atoms with Crippen LogP contribution >= 0.6 is 0 Å². The van der Waals surface area contributed by atoms with Crippen molar-refractivity contribution in [1.29, 1.82) is 5.26 Å². The van der Waals surface area contributed by atoms with Gasteiger partial charge in [-0.15, -0.1) is 0 Å². The van der Waals surface area contributed by atoms with Gasteiger partial charge in [0.05, 0.1) is 12.6 Å². The number of fused-ring (bicyclic) bond motifs is 1. The van der Waals surface area contributed by atoms with Gasteiger partial charge in [-0.3, -0.25) is 4.79 Å². The highest BCUT2D eigenvalue weighted by atomic mass is 16.4. The highest BCUT2D eigenvalue weighted by molar-refractivity contribution is 5.79. The van der Waals surface area contributed by atoms with Crippen molar-refractivity contribution < 1.29 is 14.7 Å². The van der Waals surface area contributed by atoms with Crippen LogP contribution in [0.2, 0.25) is 0 Å². The third-order valence-corrected chi connectivity index (χ3v) is 6.87. The molecule has 3 fully saturated rings. The Kier molecular flexibility index (Phi) is 5.46. The zero-order valence-corrected chi connectivity index (χ0v) is 16.6. The summed E-state index contributed by atoms with van der Waals surface area (Å²) in [5, 5.41) is 22.2. The summed E-state index contributed by atoms with van der Waals surface area (Å²) in [5.41, 5.74) is 1.01. The molecule has 1 aliphatic carbocycles. The first-order chi connectivity index (χ1) is 14.0. The zero-order valence-electron chi connectivity index (χ0n) is 16.6. The summed E-state index contributed by atoms with van der Waals surface area (Å²) in [6.07, 6.45) is 3.35. The number of benzene rings is 1. The molecule has 1 aromatic carbocycles. The number of amides is 2. The summed E-state index contributed by atoms with van der Waals surface area (Å²) in [6.45, 7) is 2.04. The first kappa shape index (κ1) is 19.7. The van der Waals surface area contributed by atoms with E-state index in [1.807, 2.05) is 18.2 Å². The smallest absolute Gasteiger partial charge is 0.407 e. The monoisotopic (exact) mass is 396 g/mol. The SMILES string of the molecule is N#CC1CCCN1C(=O)CNC1(Cc2ccccc2)CC2CN(C(=O)O)CC2C1. The number of hydrogen-bond donors (Lipinski definition) is 2. The molecule has 154 valence electrons. The minimum Gasteiger partial charge on any atom is -0.465 e. The van der Waals surface area contributed by atoms with Gasteiger partial charge in [-0.25, -0.2) is 4.79 Å². The van der Waals surface area contributed by atoms with Gasteiger partial charge in [-0.05, 0) is 49.5 Å². The zero-order chi connectivity index (χ0) is 20.4. The van der Waals surface area contributed by atoms with Gasteiger partial charge < -0.3 is 20.2 Å². The minimum atomic E-state index is -0.840. The van der Waals surface area contributed by atoms with E-state index >= 15 is 0 Å². The molecule has 1 saturated carbocycles. The maximum Gasteiger partial charge on any atom is 0.407 e. The molecule has 2 saturated heterocycles. The van der Waals surface area contributed by atoms with Gasteiger partial charge >= 0.3 is 6.09 Å². The number of carbonyl (C=O) groups excluding carboxylic acids is 1. The Balaban J connectivity index is 1.46. The van der Waals surface area contributed by atoms with E-state index in [2.05, 4.69) is 23.5 Å². The third-order valence-electron chi connectivity index (χ3n) is 6.87.